The Balaban J connectivity index is 1.95. The van der Waals surface area contributed by atoms with E-state index in [0.29, 0.717) is 12.6 Å². The molecule has 1 heterocycles. The van der Waals surface area contributed by atoms with Crippen molar-refractivity contribution in [2.75, 3.05) is 13.2 Å². The topological polar surface area (TPSA) is 60.8 Å². The van der Waals surface area contributed by atoms with Gasteiger partial charge in [0.2, 0.25) is 0 Å². The maximum atomic E-state index is 10.5. The fraction of sp³-hybridized carbons (Fsp3) is 0.500. The van der Waals surface area contributed by atoms with Gasteiger partial charge in [0.05, 0.1) is 6.61 Å². The van der Waals surface area contributed by atoms with Gasteiger partial charge in [0.25, 0.3) is 0 Å². The SMILES string of the molecule is O=C(O)/C=C/c1ccc(CN(CCO)C2CCC2)s1. The molecule has 104 valence electrons. The molecule has 2 N–H and O–H groups in total. The van der Waals surface area contributed by atoms with E-state index < -0.39 is 5.97 Å². The Labute approximate surface area is 117 Å². The van der Waals surface area contributed by atoms with E-state index in [-0.39, 0.29) is 6.61 Å². The van der Waals surface area contributed by atoms with Gasteiger partial charge in [-0.2, -0.15) is 0 Å². The Morgan fingerprint density at radius 1 is 1.47 bits per heavy atom. The quantitative estimate of drug-likeness (QED) is 0.752. The molecule has 1 aliphatic rings. The van der Waals surface area contributed by atoms with Gasteiger partial charge in [0, 0.05) is 35.0 Å². The number of aliphatic carboxylic acids is 1. The lowest BCUT2D eigenvalue weighted by Gasteiger charge is -2.37. The van der Waals surface area contributed by atoms with Gasteiger partial charge in [-0.1, -0.05) is 6.42 Å². The third-order valence-corrected chi connectivity index (χ3v) is 4.45. The summed E-state index contributed by atoms with van der Waals surface area (Å²) in [5.74, 6) is -0.925. The minimum Gasteiger partial charge on any atom is -0.478 e. The molecule has 1 fully saturated rings. The summed E-state index contributed by atoms with van der Waals surface area (Å²) in [4.78, 5) is 14.9. The van der Waals surface area contributed by atoms with E-state index in [1.807, 2.05) is 12.1 Å². The molecule has 0 aromatic carbocycles. The lowest BCUT2D eigenvalue weighted by atomic mass is 9.91. The predicted molar refractivity (Wildman–Crippen MR) is 76.1 cm³/mol. The van der Waals surface area contributed by atoms with Crippen molar-refractivity contribution in [1.29, 1.82) is 0 Å². The number of carbonyl (C=O) groups is 1. The van der Waals surface area contributed by atoms with Crippen molar-refractivity contribution in [2.24, 2.45) is 0 Å². The summed E-state index contributed by atoms with van der Waals surface area (Å²) in [7, 11) is 0. The highest BCUT2D eigenvalue weighted by Gasteiger charge is 2.24. The van der Waals surface area contributed by atoms with Crippen molar-refractivity contribution >= 4 is 23.4 Å². The van der Waals surface area contributed by atoms with Crippen LogP contribution >= 0.6 is 11.3 Å². The zero-order valence-electron chi connectivity index (χ0n) is 10.8. The average Bonchev–Trinajstić information content (AvgIpc) is 2.72. The van der Waals surface area contributed by atoms with Crippen LogP contribution in [0.3, 0.4) is 0 Å². The second kappa shape index (κ2) is 6.84. The van der Waals surface area contributed by atoms with Crippen molar-refractivity contribution in [3.05, 3.63) is 28.0 Å². The standard InChI is InChI=1S/C14H19NO3S/c16-9-8-15(11-2-1-3-11)10-13-5-4-12(19-13)6-7-14(17)18/h4-7,11,16H,1-3,8-10H2,(H,17,18)/b7-6+. The Kier molecular flexibility index (Phi) is 5.13. The van der Waals surface area contributed by atoms with E-state index in [2.05, 4.69) is 4.90 Å². The molecule has 0 radical (unpaired) electrons. The second-order valence-corrected chi connectivity index (χ2v) is 5.95. The van der Waals surface area contributed by atoms with Gasteiger partial charge in [-0.3, -0.25) is 4.90 Å². The van der Waals surface area contributed by atoms with Crippen LogP contribution < -0.4 is 0 Å². The summed E-state index contributed by atoms with van der Waals surface area (Å²) in [5.41, 5.74) is 0. The van der Waals surface area contributed by atoms with E-state index in [1.54, 1.807) is 17.4 Å². The van der Waals surface area contributed by atoms with Crippen LogP contribution in [0.25, 0.3) is 6.08 Å². The fourth-order valence-corrected chi connectivity index (χ4v) is 3.14. The lowest BCUT2D eigenvalue weighted by Crippen LogP contribution is -2.41. The summed E-state index contributed by atoms with van der Waals surface area (Å²) in [5, 5.41) is 17.7. The van der Waals surface area contributed by atoms with Crippen LogP contribution in [0.4, 0.5) is 0 Å². The van der Waals surface area contributed by atoms with Crippen LogP contribution in [-0.4, -0.2) is 40.3 Å². The molecule has 1 aliphatic carbocycles. The Morgan fingerprint density at radius 3 is 2.84 bits per heavy atom. The molecule has 0 amide bonds. The van der Waals surface area contributed by atoms with Crippen LogP contribution in [0, 0.1) is 0 Å². The monoisotopic (exact) mass is 281 g/mol. The Bertz CT molecular complexity index is 451. The fourth-order valence-electron chi connectivity index (χ4n) is 2.19. The van der Waals surface area contributed by atoms with Crippen molar-refractivity contribution in [3.63, 3.8) is 0 Å². The average molecular weight is 281 g/mol. The first-order valence-electron chi connectivity index (χ1n) is 6.53. The third kappa shape index (κ3) is 4.16. The summed E-state index contributed by atoms with van der Waals surface area (Å²) in [6, 6.07) is 4.58. The zero-order chi connectivity index (χ0) is 13.7. The maximum absolute atomic E-state index is 10.5. The highest BCUT2D eigenvalue weighted by Crippen LogP contribution is 2.28. The Hall–Kier alpha value is -1.17. The number of carboxylic acids is 1. The van der Waals surface area contributed by atoms with E-state index in [0.717, 1.165) is 17.5 Å². The van der Waals surface area contributed by atoms with Crippen molar-refractivity contribution in [1.82, 2.24) is 4.90 Å². The van der Waals surface area contributed by atoms with Gasteiger partial charge >= 0.3 is 5.97 Å². The summed E-state index contributed by atoms with van der Waals surface area (Å²) in [6.07, 6.45) is 6.50. The molecule has 1 aromatic heterocycles. The summed E-state index contributed by atoms with van der Waals surface area (Å²) >= 11 is 1.61. The molecule has 0 bridgehead atoms. The van der Waals surface area contributed by atoms with Crippen LogP contribution in [0.1, 0.15) is 29.0 Å². The molecule has 1 aromatic rings. The number of carboxylic acid groups (broad SMARTS) is 1. The highest BCUT2D eigenvalue weighted by atomic mass is 32.1. The van der Waals surface area contributed by atoms with Crippen molar-refractivity contribution < 1.29 is 15.0 Å². The zero-order valence-corrected chi connectivity index (χ0v) is 11.6. The first-order chi connectivity index (χ1) is 9.19. The molecule has 0 spiro atoms. The molecule has 5 heteroatoms. The molecule has 0 aliphatic heterocycles. The first kappa shape index (κ1) is 14.2. The second-order valence-electron chi connectivity index (χ2n) is 4.75. The molecular formula is C14H19NO3S. The molecule has 4 nitrogen and oxygen atoms in total. The maximum Gasteiger partial charge on any atom is 0.328 e. The van der Waals surface area contributed by atoms with Crippen molar-refractivity contribution in [3.8, 4) is 0 Å². The van der Waals surface area contributed by atoms with Crippen LogP contribution in [0.2, 0.25) is 0 Å². The molecule has 0 atom stereocenters. The largest absolute Gasteiger partial charge is 0.478 e. The van der Waals surface area contributed by atoms with Gasteiger partial charge in [0.15, 0.2) is 0 Å². The summed E-state index contributed by atoms with van der Waals surface area (Å²) in [6.45, 7) is 1.74. The smallest absolute Gasteiger partial charge is 0.328 e. The molecule has 2 rings (SSSR count). The van der Waals surface area contributed by atoms with E-state index in [4.69, 9.17) is 10.2 Å². The Morgan fingerprint density at radius 2 is 2.26 bits per heavy atom. The van der Waals surface area contributed by atoms with E-state index >= 15 is 0 Å². The van der Waals surface area contributed by atoms with Gasteiger partial charge in [-0.15, -0.1) is 11.3 Å². The molecule has 0 unspecified atom stereocenters. The van der Waals surface area contributed by atoms with Gasteiger partial charge in [-0.25, -0.2) is 4.79 Å². The van der Waals surface area contributed by atoms with Crippen molar-refractivity contribution in [2.45, 2.75) is 31.8 Å². The third-order valence-electron chi connectivity index (χ3n) is 3.41. The number of hydrogen-bond donors (Lipinski definition) is 2. The lowest BCUT2D eigenvalue weighted by molar-refractivity contribution is -0.131. The number of rotatable bonds is 7. The minimum atomic E-state index is -0.925. The van der Waals surface area contributed by atoms with E-state index in [1.165, 1.54) is 24.1 Å². The minimum absolute atomic E-state index is 0.188. The van der Waals surface area contributed by atoms with E-state index in [9.17, 15) is 4.79 Å². The number of aliphatic hydroxyl groups excluding tert-OH is 1. The van der Waals surface area contributed by atoms with Gasteiger partial charge in [0.1, 0.15) is 0 Å². The molecule has 1 saturated carbocycles. The molecule has 19 heavy (non-hydrogen) atoms. The number of thiophene rings is 1. The molecule has 0 saturated heterocycles. The van der Waals surface area contributed by atoms with Gasteiger partial charge in [-0.05, 0) is 31.1 Å². The van der Waals surface area contributed by atoms with Crippen LogP contribution in [-0.2, 0) is 11.3 Å². The number of hydrogen-bond acceptors (Lipinski definition) is 4. The normalized spacial score (nSPS) is 16.1. The molecular weight excluding hydrogens is 262 g/mol. The highest BCUT2D eigenvalue weighted by molar-refractivity contribution is 7.12. The van der Waals surface area contributed by atoms with Crippen LogP contribution in [0.5, 0.6) is 0 Å². The van der Waals surface area contributed by atoms with Gasteiger partial charge < -0.3 is 10.2 Å². The van der Waals surface area contributed by atoms with Crippen LogP contribution in [0.15, 0.2) is 18.2 Å². The number of nitrogens with zero attached hydrogens (tertiary/aromatic N) is 1. The summed E-state index contributed by atoms with van der Waals surface area (Å²) < 4.78 is 0. The number of aliphatic hydroxyl groups is 1. The first-order valence-corrected chi connectivity index (χ1v) is 7.35. The predicted octanol–water partition coefficient (Wildman–Crippen LogP) is 2.19.